The number of hydrogen-bond acceptors (Lipinski definition) is 17. The second kappa shape index (κ2) is 44.5. The molecule has 0 aliphatic heterocycles. The zero-order chi connectivity index (χ0) is 67.3. The molecule has 0 radical (unpaired) electrons. The Bertz CT molecular complexity index is 3110. The number of aliphatic hydroxyl groups excluding tert-OH is 10. The van der Waals surface area contributed by atoms with E-state index in [-0.39, 0.29) is 68.5 Å². The first kappa shape index (κ1) is 81.1. The summed E-state index contributed by atoms with van der Waals surface area (Å²) in [4.78, 5) is 0. The van der Waals surface area contributed by atoms with E-state index in [0.29, 0.717) is 97.0 Å². The molecule has 0 heterocycles. The summed E-state index contributed by atoms with van der Waals surface area (Å²) in [7, 11) is -4.67. The van der Waals surface area contributed by atoms with E-state index in [1.165, 1.54) is 12.1 Å². The largest absolute Gasteiger partial charge is 0.508 e. The second-order valence-corrected chi connectivity index (χ2v) is 21.5. The molecule has 14 N–H and O–H groups in total. The SMILES string of the molecule is CCC(O)c1ccc(OCc2ccccc2)c(CO)c1.CC[C@H](O)c1ccc(O)c(CO)c1.CC[C@H](O)c1ccc(O)c(CO)c1.CC[C@H](O)c1ccc(OCc2ccccc2)c(CO)c1.CC[C@H](O)c1ccc(OCc2ccccc2)c(CO)c1.I.O=S(=O)(O)O. The summed E-state index contributed by atoms with van der Waals surface area (Å²) < 4.78 is 48.8. The lowest BCUT2D eigenvalue weighted by molar-refractivity contribution is 0.172. The van der Waals surface area contributed by atoms with Crippen LogP contribution in [0.2, 0.25) is 0 Å². The number of benzene rings is 8. The number of ether oxygens (including phenoxy) is 3. The zero-order valence-corrected chi connectivity index (χ0v) is 55.7. The highest BCUT2D eigenvalue weighted by Gasteiger charge is 2.14. The normalized spacial score (nSPS) is 12.2. The van der Waals surface area contributed by atoms with Crippen molar-refractivity contribution in [2.24, 2.45) is 0 Å². The van der Waals surface area contributed by atoms with Gasteiger partial charge in [0.1, 0.15) is 48.6 Å². The first-order valence-corrected chi connectivity index (χ1v) is 31.2. The Morgan fingerprint density at radius 3 is 0.717 bits per heavy atom. The molecule has 0 aromatic heterocycles. The number of aliphatic hydroxyl groups is 10. The highest BCUT2D eigenvalue weighted by Crippen LogP contribution is 2.30. The summed E-state index contributed by atoms with van der Waals surface area (Å²) in [5.41, 5.74) is 10.1. The van der Waals surface area contributed by atoms with Crippen molar-refractivity contribution in [1.82, 2.24) is 0 Å². The van der Waals surface area contributed by atoms with Gasteiger partial charge in [0.25, 0.3) is 0 Å². The van der Waals surface area contributed by atoms with Crippen LogP contribution in [-0.2, 0) is 63.3 Å². The maximum Gasteiger partial charge on any atom is 0.394 e. The molecule has 0 aliphatic carbocycles. The maximum atomic E-state index is 9.83. The average Bonchev–Trinajstić information content (AvgIpc) is 1.75. The van der Waals surface area contributed by atoms with Gasteiger partial charge >= 0.3 is 10.4 Å². The van der Waals surface area contributed by atoms with E-state index in [0.717, 1.165) is 44.5 Å². The van der Waals surface area contributed by atoms with Gasteiger partial charge in [-0.2, -0.15) is 8.42 Å². The third-order valence-electron chi connectivity index (χ3n) is 13.9. The monoisotopic (exact) mass is 1410 g/mol. The van der Waals surface area contributed by atoms with Crippen LogP contribution in [0.5, 0.6) is 28.7 Å². The van der Waals surface area contributed by atoms with Gasteiger partial charge in [-0.1, -0.05) is 156 Å². The molecule has 5 atom stereocenters. The molecular weight excluding hydrogens is 1320 g/mol. The molecule has 0 bridgehead atoms. The summed E-state index contributed by atoms with van der Waals surface area (Å²) in [5.74, 6) is 2.10. The first-order valence-electron chi connectivity index (χ1n) is 29.8. The number of halogens is 1. The van der Waals surface area contributed by atoms with E-state index in [2.05, 4.69) is 0 Å². The van der Waals surface area contributed by atoms with Crippen LogP contribution in [0.4, 0.5) is 0 Å². The van der Waals surface area contributed by atoms with Crippen LogP contribution in [0, 0.1) is 0 Å². The topological polar surface area (TPSA) is 345 Å². The highest BCUT2D eigenvalue weighted by molar-refractivity contribution is 14.0. The van der Waals surface area contributed by atoms with Gasteiger partial charge in [0.15, 0.2) is 0 Å². The minimum absolute atomic E-state index is 0. The minimum Gasteiger partial charge on any atom is -0.508 e. The summed E-state index contributed by atoms with van der Waals surface area (Å²) in [6, 6.07) is 55.5. The predicted molar refractivity (Wildman–Crippen MR) is 363 cm³/mol. The fourth-order valence-electron chi connectivity index (χ4n) is 8.48. The van der Waals surface area contributed by atoms with E-state index in [1.807, 2.05) is 162 Å². The van der Waals surface area contributed by atoms with Crippen molar-refractivity contribution >= 4 is 34.4 Å². The lowest BCUT2D eigenvalue weighted by atomic mass is 10.0. The van der Waals surface area contributed by atoms with Crippen LogP contribution < -0.4 is 14.2 Å². The third-order valence-corrected chi connectivity index (χ3v) is 13.9. The van der Waals surface area contributed by atoms with Crippen molar-refractivity contribution in [2.45, 2.75) is 150 Å². The molecule has 0 saturated heterocycles. The van der Waals surface area contributed by atoms with Gasteiger partial charge in [-0.25, -0.2) is 0 Å². The Morgan fingerprint density at radius 2 is 0.522 bits per heavy atom. The Kier molecular flexibility index (Phi) is 39.2. The molecule has 19 nitrogen and oxygen atoms in total. The van der Waals surface area contributed by atoms with Crippen LogP contribution in [-0.4, -0.2) is 78.8 Å². The Morgan fingerprint density at radius 1 is 0.326 bits per heavy atom. The molecule has 8 aromatic rings. The molecule has 8 aromatic carbocycles. The van der Waals surface area contributed by atoms with Crippen LogP contribution in [0.25, 0.3) is 0 Å². The Labute approximate surface area is 557 Å². The van der Waals surface area contributed by atoms with Crippen molar-refractivity contribution in [3.63, 3.8) is 0 Å². The molecular formula is C71H91IO19S. The Balaban J connectivity index is 0.000000388. The third kappa shape index (κ3) is 29.7. The quantitative estimate of drug-likeness (QED) is 0.0197. The minimum atomic E-state index is -4.67. The summed E-state index contributed by atoms with van der Waals surface area (Å²) in [6.07, 6.45) is 0.650. The smallest absolute Gasteiger partial charge is 0.394 e. The van der Waals surface area contributed by atoms with Crippen LogP contribution in [0.1, 0.15) is 170 Å². The van der Waals surface area contributed by atoms with Gasteiger partial charge < -0.3 is 75.5 Å². The number of rotatable bonds is 24. The summed E-state index contributed by atoms with van der Waals surface area (Å²) >= 11 is 0. The van der Waals surface area contributed by atoms with Crippen LogP contribution in [0.15, 0.2) is 182 Å². The number of hydrogen-bond donors (Lipinski definition) is 14. The molecule has 92 heavy (non-hydrogen) atoms. The molecule has 8 rings (SSSR count). The lowest BCUT2D eigenvalue weighted by Gasteiger charge is -2.14. The van der Waals surface area contributed by atoms with Gasteiger partial charge in [0, 0.05) is 27.8 Å². The molecule has 502 valence electrons. The van der Waals surface area contributed by atoms with E-state index < -0.39 is 40.9 Å². The van der Waals surface area contributed by atoms with Gasteiger partial charge in [-0.05, 0) is 137 Å². The maximum absolute atomic E-state index is 9.83. The Hall–Kier alpha value is -7.04. The van der Waals surface area contributed by atoms with Gasteiger partial charge in [-0.3, -0.25) is 9.11 Å². The summed E-state index contributed by atoms with van der Waals surface area (Å²) in [6.45, 7) is 10.2. The van der Waals surface area contributed by atoms with Crippen molar-refractivity contribution < 1.29 is 93.0 Å². The molecule has 0 fully saturated rings. The molecule has 1 unspecified atom stereocenters. The van der Waals surface area contributed by atoms with E-state index in [9.17, 15) is 51.1 Å². The van der Waals surface area contributed by atoms with E-state index in [4.69, 9.17) is 41.9 Å². The second-order valence-electron chi connectivity index (χ2n) is 20.6. The molecule has 0 saturated carbocycles. The lowest BCUT2D eigenvalue weighted by Crippen LogP contribution is -2.01. The van der Waals surface area contributed by atoms with Crippen LogP contribution >= 0.6 is 24.0 Å². The number of phenols is 2. The van der Waals surface area contributed by atoms with Gasteiger partial charge in [-0.15, -0.1) is 24.0 Å². The van der Waals surface area contributed by atoms with Crippen molar-refractivity contribution in [3.8, 4) is 28.7 Å². The standard InChI is InChI=1S/3C17H20O3.2C10H14O3.HI.H2O4S/c3*1-2-16(19)14-8-9-17(15(10-14)11-18)20-12-13-6-4-3-5-7-13;2*1-2-9(12)7-3-4-10(13)8(5-7)6-11;;1-5(2,3)4/h3*3-10,16,18-19H,2,11-12H2,1H3;2*3-5,9,11-13H,2,6H2,1H3;1H;(H2,1,2,3,4)/t2*16-;;2*9-;;/m00.00../s1. The van der Waals surface area contributed by atoms with Gasteiger partial charge in [0.2, 0.25) is 0 Å². The van der Waals surface area contributed by atoms with Crippen molar-refractivity contribution in [3.05, 3.63) is 254 Å². The van der Waals surface area contributed by atoms with Crippen LogP contribution in [0.3, 0.4) is 0 Å². The van der Waals surface area contributed by atoms with Crippen molar-refractivity contribution in [1.29, 1.82) is 0 Å². The molecule has 21 heteroatoms. The summed E-state index contributed by atoms with van der Waals surface area (Å²) in [5, 5.41) is 113. The highest BCUT2D eigenvalue weighted by atomic mass is 127. The predicted octanol–water partition coefficient (Wildman–Crippen LogP) is 12.2. The molecule has 0 amide bonds. The molecule has 0 aliphatic rings. The fourth-order valence-corrected chi connectivity index (χ4v) is 8.48. The van der Waals surface area contributed by atoms with Gasteiger partial charge in [0.05, 0.1) is 63.6 Å². The fraction of sp³-hybridized carbons (Fsp3) is 0.324. The average molecular weight is 1410 g/mol. The first-order chi connectivity index (χ1) is 43.6. The zero-order valence-electron chi connectivity index (χ0n) is 52.5. The van der Waals surface area contributed by atoms with E-state index >= 15 is 0 Å². The number of aromatic hydroxyl groups is 2. The van der Waals surface area contributed by atoms with E-state index in [1.54, 1.807) is 42.5 Å². The molecule has 0 spiro atoms. The van der Waals surface area contributed by atoms with Crippen molar-refractivity contribution in [2.75, 3.05) is 0 Å².